The number of methoxy groups -OCH3 is 1. The molecule has 1 aliphatic rings. The molecular formula is C21H25N3O5S. The Bertz CT molecular complexity index is 1020. The number of amides is 1. The first-order valence-electron chi connectivity index (χ1n) is 9.58. The van der Waals surface area contributed by atoms with E-state index in [9.17, 15) is 13.2 Å². The number of sulfone groups is 1. The molecule has 9 heteroatoms. The smallest absolute Gasteiger partial charge is 0.258 e. The summed E-state index contributed by atoms with van der Waals surface area (Å²) in [6.07, 6.45) is 5.48. The average molecular weight is 432 g/mol. The molecule has 0 saturated heterocycles. The maximum Gasteiger partial charge on any atom is 0.258 e. The Balaban J connectivity index is 1.88. The van der Waals surface area contributed by atoms with E-state index in [0.717, 1.165) is 24.5 Å². The molecule has 2 aromatic rings. The predicted molar refractivity (Wildman–Crippen MR) is 112 cm³/mol. The van der Waals surface area contributed by atoms with Gasteiger partial charge in [0.2, 0.25) is 5.88 Å². The van der Waals surface area contributed by atoms with Crippen LogP contribution in [0.1, 0.15) is 41.9 Å². The van der Waals surface area contributed by atoms with Crippen LogP contribution in [0.15, 0.2) is 48.0 Å². The molecule has 1 aromatic heterocycles. The van der Waals surface area contributed by atoms with Gasteiger partial charge in [0.15, 0.2) is 9.84 Å². The molecule has 3 rings (SSSR count). The normalized spacial score (nSPS) is 16.2. The Morgan fingerprint density at radius 3 is 2.57 bits per heavy atom. The zero-order chi connectivity index (χ0) is 21.7. The Morgan fingerprint density at radius 2 is 1.97 bits per heavy atom. The molecule has 0 spiro atoms. The number of rotatable bonds is 9. The van der Waals surface area contributed by atoms with Crippen molar-refractivity contribution in [3.8, 4) is 11.6 Å². The second-order valence-corrected chi connectivity index (χ2v) is 9.17. The predicted octanol–water partition coefficient (Wildman–Crippen LogP) is 2.84. The van der Waals surface area contributed by atoms with Gasteiger partial charge in [-0.25, -0.2) is 13.4 Å². The Hall–Kier alpha value is -2.78. The highest BCUT2D eigenvalue weighted by atomic mass is 32.2. The molecule has 1 amide bonds. The molecule has 0 bridgehead atoms. The van der Waals surface area contributed by atoms with Gasteiger partial charge >= 0.3 is 0 Å². The van der Waals surface area contributed by atoms with Gasteiger partial charge in [-0.3, -0.25) is 4.79 Å². The van der Waals surface area contributed by atoms with Crippen molar-refractivity contribution in [1.82, 2.24) is 15.3 Å². The van der Waals surface area contributed by atoms with Crippen LogP contribution in [0.25, 0.3) is 0 Å². The lowest BCUT2D eigenvalue weighted by atomic mass is 10.1. The highest BCUT2D eigenvalue weighted by molar-refractivity contribution is 7.93. The van der Waals surface area contributed by atoms with Gasteiger partial charge in [-0.15, -0.1) is 0 Å². The Labute approximate surface area is 176 Å². The molecule has 30 heavy (non-hydrogen) atoms. The third kappa shape index (κ3) is 6.11. The number of aromatic nitrogens is 2. The molecule has 160 valence electrons. The lowest BCUT2D eigenvalue weighted by molar-refractivity contribution is 0.0780. The van der Waals surface area contributed by atoms with Gasteiger partial charge in [-0.1, -0.05) is 18.2 Å². The minimum absolute atomic E-state index is 0.157. The first kappa shape index (κ1) is 21.9. The minimum atomic E-state index is -3.36. The van der Waals surface area contributed by atoms with E-state index in [4.69, 9.17) is 9.47 Å². The zero-order valence-electron chi connectivity index (χ0n) is 17.1. The van der Waals surface area contributed by atoms with Crippen molar-refractivity contribution in [2.24, 2.45) is 0 Å². The van der Waals surface area contributed by atoms with Gasteiger partial charge in [0.05, 0.1) is 12.1 Å². The van der Waals surface area contributed by atoms with E-state index in [2.05, 4.69) is 15.3 Å². The fraction of sp³-hybridized carbons (Fsp3) is 0.381. The van der Waals surface area contributed by atoms with Crippen LogP contribution in [0.5, 0.6) is 11.6 Å². The number of carbonyl (C=O) groups is 1. The number of hydrogen-bond acceptors (Lipinski definition) is 7. The quantitative estimate of drug-likeness (QED) is 0.650. The third-order valence-electron chi connectivity index (χ3n) is 4.63. The van der Waals surface area contributed by atoms with Crippen LogP contribution in [0.4, 0.5) is 0 Å². The molecule has 1 fully saturated rings. The minimum Gasteiger partial charge on any atom is -0.438 e. The summed E-state index contributed by atoms with van der Waals surface area (Å²) in [5.74, 6) is 1.16. The van der Waals surface area contributed by atoms with Gasteiger partial charge in [0.1, 0.15) is 17.1 Å². The second-order valence-electron chi connectivity index (χ2n) is 7.23. The van der Waals surface area contributed by atoms with E-state index in [1.165, 1.54) is 19.4 Å². The van der Waals surface area contributed by atoms with Crippen molar-refractivity contribution >= 4 is 15.7 Å². The highest BCUT2D eigenvalue weighted by Gasteiger charge is 2.29. The number of hydrogen-bond donors (Lipinski definition) is 1. The first-order valence-corrected chi connectivity index (χ1v) is 11.5. The number of benzene rings is 1. The molecule has 2 atom stereocenters. The fourth-order valence-corrected chi connectivity index (χ4v) is 3.13. The summed E-state index contributed by atoms with van der Waals surface area (Å²) in [7, 11) is -1.87. The second kappa shape index (κ2) is 9.36. The Morgan fingerprint density at radius 1 is 1.27 bits per heavy atom. The molecule has 1 N–H and O–H groups in total. The number of nitrogens with one attached hydrogen (secondary N) is 1. The van der Waals surface area contributed by atoms with Crippen molar-refractivity contribution in [2.45, 2.75) is 37.8 Å². The van der Waals surface area contributed by atoms with Gasteiger partial charge in [0.25, 0.3) is 5.91 Å². The maximum atomic E-state index is 13.0. The summed E-state index contributed by atoms with van der Waals surface area (Å²) in [5, 5.41) is 3.82. The van der Waals surface area contributed by atoms with E-state index in [1.807, 2.05) is 18.2 Å². The molecule has 1 saturated carbocycles. The van der Waals surface area contributed by atoms with E-state index >= 15 is 0 Å². The highest BCUT2D eigenvalue weighted by Crippen LogP contribution is 2.39. The monoisotopic (exact) mass is 431 g/mol. The van der Waals surface area contributed by atoms with Crippen LogP contribution >= 0.6 is 0 Å². The van der Waals surface area contributed by atoms with Gasteiger partial charge < -0.3 is 14.8 Å². The molecule has 0 unspecified atom stereocenters. The number of para-hydroxylation sites is 1. The first-order chi connectivity index (χ1) is 14.3. The molecular weight excluding hydrogens is 406 g/mol. The number of nitrogens with zero attached hydrogens (tertiary/aromatic N) is 2. The summed E-state index contributed by atoms with van der Waals surface area (Å²) >= 11 is 0. The fourth-order valence-electron chi connectivity index (χ4n) is 2.68. The van der Waals surface area contributed by atoms with Crippen molar-refractivity contribution in [1.29, 1.82) is 0 Å². The SMILES string of the molecule is CO[C@H](C)[C@@H](/C=C/S(C)(=O)=O)NC(=O)c1cnc(C2CC2)nc1Oc1ccccc1. The molecule has 1 aliphatic carbocycles. The third-order valence-corrected chi connectivity index (χ3v) is 5.28. The van der Waals surface area contributed by atoms with Crippen LogP contribution < -0.4 is 10.1 Å². The summed E-state index contributed by atoms with van der Waals surface area (Å²) in [4.78, 5) is 21.8. The van der Waals surface area contributed by atoms with E-state index in [0.29, 0.717) is 17.5 Å². The number of ether oxygens (including phenoxy) is 2. The average Bonchev–Trinajstić information content (AvgIpc) is 3.56. The van der Waals surface area contributed by atoms with Crippen LogP contribution in [-0.4, -0.2) is 49.8 Å². The number of carbonyl (C=O) groups excluding carboxylic acids is 1. The summed E-state index contributed by atoms with van der Waals surface area (Å²) in [6.45, 7) is 1.73. The molecule has 8 nitrogen and oxygen atoms in total. The van der Waals surface area contributed by atoms with Crippen molar-refractivity contribution in [2.75, 3.05) is 13.4 Å². The van der Waals surface area contributed by atoms with Crippen molar-refractivity contribution in [3.63, 3.8) is 0 Å². The largest absolute Gasteiger partial charge is 0.438 e. The Kier molecular flexibility index (Phi) is 6.84. The summed E-state index contributed by atoms with van der Waals surface area (Å²) in [6, 6.07) is 8.37. The van der Waals surface area contributed by atoms with E-state index < -0.39 is 27.9 Å². The van der Waals surface area contributed by atoms with Crippen LogP contribution in [0, 0.1) is 0 Å². The molecule has 0 aliphatic heterocycles. The maximum absolute atomic E-state index is 13.0. The summed E-state index contributed by atoms with van der Waals surface area (Å²) < 4.78 is 34.1. The van der Waals surface area contributed by atoms with Crippen LogP contribution in [0.2, 0.25) is 0 Å². The molecule has 0 radical (unpaired) electrons. The standard InChI is InChI=1S/C21H25N3O5S/c1-14(28-2)18(11-12-30(3,26)27)23-20(25)17-13-22-19(15-9-10-15)24-21(17)29-16-7-5-4-6-8-16/h4-8,11-15,18H,9-10H2,1-3H3,(H,23,25)/b12-11+/t14-,18-/m1/s1. The topological polar surface area (TPSA) is 107 Å². The van der Waals surface area contributed by atoms with Crippen LogP contribution in [-0.2, 0) is 14.6 Å². The lowest BCUT2D eigenvalue weighted by Gasteiger charge is -2.21. The van der Waals surface area contributed by atoms with Crippen molar-refractivity contribution < 1.29 is 22.7 Å². The van der Waals surface area contributed by atoms with Crippen molar-refractivity contribution in [3.05, 3.63) is 59.4 Å². The van der Waals surface area contributed by atoms with E-state index in [1.54, 1.807) is 19.1 Å². The summed E-state index contributed by atoms with van der Waals surface area (Å²) in [5.41, 5.74) is 0.157. The molecule has 1 heterocycles. The van der Waals surface area contributed by atoms with Gasteiger partial charge in [0, 0.05) is 30.9 Å². The zero-order valence-corrected chi connectivity index (χ0v) is 17.9. The molecule has 1 aromatic carbocycles. The lowest BCUT2D eigenvalue weighted by Crippen LogP contribution is -2.41. The van der Waals surface area contributed by atoms with E-state index in [-0.39, 0.29) is 11.4 Å². The van der Waals surface area contributed by atoms with Gasteiger partial charge in [-0.2, -0.15) is 4.98 Å². The van der Waals surface area contributed by atoms with Gasteiger partial charge in [-0.05, 0) is 38.0 Å². The van der Waals surface area contributed by atoms with Crippen LogP contribution in [0.3, 0.4) is 0 Å².